The number of nitrogens with zero attached hydrogens (tertiary/aromatic N) is 1. The molecule has 5 nitrogen and oxygen atoms in total. The first-order valence-electron chi connectivity index (χ1n) is 5.75. The van der Waals surface area contributed by atoms with E-state index in [-0.39, 0.29) is 23.7 Å². The van der Waals surface area contributed by atoms with Gasteiger partial charge in [0.05, 0.1) is 6.10 Å². The fourth-order valence-electron chi connectivity index (χ4n) is 1.88. The predicted molar refractivity (Wildman–Crippen MR) is 66.6 cm³/mol. The van der Waals surface area contributed by atoms with E-state index in [0.29, 0.717) is 18.6 Å². The Hall–Kier alpha value is -1.17. The lowest BCUT2D eigenvalue weighted by atomic mass is 9.96. The van der Waals surface area contributed by atoms with Gasteiger partial charge >= 0.3 is 0 Å². The van der Waals surface area contributed by atoms with Gasteiger partial charge in [0, 0.05) is 31.3 Å². The zero-order valence-electron chi connectivity index (χ0n) is 10.0. The number of aliphatic hydroxyl groups is 1. The summed E-state index contributed by atoms with van der Waals surface area (Å²) in [7, 11) is 0. The molecular weight excluding hydrogens is 256 g/mol. The maximum absolute atomic E-state index is 11.9. The summed E-state index contributed by atoms with van der Waals surface area (Å²) < 4.78 is 5.29. The molecule has 0 aliphatic carbocycles. The van der Waals surface area contributed by atoms with Crippen LogP contribution in [-0.4, -0.2) is 40.9 Å². The molecule has 0 aromatic carbocycles. The lowest BCUT2D eigenvalue weighted by molar-refractivity contribution is -0.0251. The van der Waals surface area contributed by atoms with E-state index in [9.17, 15) is 9.90 Å². The summed E-state index contributed by atoms with van der Waals surface area (Å²) in [5.41, 5.74) is -0.572. The van der Waals surface area contributed by atoms with Crippen molar-refractivity contribution >= 4 is 17.5 Å². The Morgan fingerprint density at radius 1 is 1.78 bits per heavy atom. The molecule has 1 aliphatic rings. The van der Waals surface area contributed by atoms with Gasteiger partial charge in [-0.1, -0.05) is 11.6 Å². The molecule has 18 heavy (non-hydrogen) atoms. The van der Waals surface area contributed by atoms with Crippen LogP contribution in [0.3, 0.4) is 0 Å². The van der Waals surface area contributed by atoms with E-state index in [4.69, 9.17) is 16.3 Å². The van der Waals surface area contributed by atoms with E-state index in [1.807, 2.05) is 0 Å². The first kappa shape index (κ1) is 13.3. The zero-order valence-corrected chi connectivity index (χ0v) is 10.8. The third-order valence-electron chi connectivity index (χ3n) is 3.20. The summed E-state index contributed by atoms with van der Waals surface area (Å²) in [5, 5.41) is 13.2. The molecule has 1 aromatic rings. The molecule has 98 valence electrons. The molecule has 1 aliphatic heterocycles. The molecule has 0 radical (unpaired) electrons. The molecule has 6 heteroatoms. The predicted octanol–water partition coefficient (Wildman–Crippen LogP) is 1.00. The smallest absolute Gasteiger partial charge is 0.251 e. The van der Waals surface area contributed by atoms with Crippen LogP contribution in [-0.2, 0) is 4.74 Å². The number of ether oxygens (including phenoxy) is 1. The lowest BCUT2D eigenvalue weighted by Crippen LogP contribution is -2.47. The first-order valence-corrected chi connectivity index (χ1v) is 6.13. The third kappa shape index (κ3) is 2.80. The minimum atomic E-state index is -0.994. The number of aromatic nitrogens is 1. The third-order valence-corrected chi connectivity index (χ3v) is 3.41. The topological polar surface area (TPSA) is 71.5 Å². The van der Waals surface area contributed by atoms with Gasteiger partial charge in [-0.3, -0.25) is 4.79 Å². The number of hydrogen-bond acceptors (Lipinski definition) is 4. The van der Waals surface area contributed by atoms with Gasteiger partial charge in [0.1, 0.15) is 10.8 Å². The van der Waals surface area contributed by atoms with Crippen molar-refractivity contribution in [1.29, 1.82) is 0 Å². The Morgan fingerprint density at radius 2 is 2.56 bits per heavy atom. The van der Waals surface area contributed by atoms with Gasteiger partial charge < -0.3 is 15.2 Å². The Bertz CT molecular complexity index is 455. The van der Waals surface area contributed by atoms with Gasteiger partial charge in [-0.25, -0.2) is 4.98 Å². The number of nitrogens with one attached hydrogen (secondary N) is 1. The van der Waals surface area contributed by atoms with E-state index >= 15 is 0 Å². The molecule has 0 spiro atoms. The van der Waals surface area contributed by atoms with Gasteiger partial charge in [-0.2, -0.15) is 0 Å². The molecule has 0 bridgehead atoms. The van der Waals surface area contributed by atoms with E-state index in [1.165, 1.54) is 12.3 Å². The van der Waals surface area contributed by atoms with Gasteiger partial charge in [-0.15, -0.1) is 0 Å². The first-order chi connectivity index (χ1) is 8.51. The second-order valence-electron chi connectivity index (χ2n) is 4.42. The second kappa shape index (κ2) is 5.22. The van der Waals surface area contributed by atoms with Crippen LogP contribution in [0.5, 0.6) is 0 Å². The van der Waals surface area contributed by atoms with Crippen LogP contribution < -0.4 is 5.32 Å². The van der Waals surface area contributed by atoms with Crippen molar-refractivity contribution < 1.29 is 14.6 Å². The van der Waals surface area contributed by atoms with Crippen LogP contribution in [0, 0.1) is 0 Å². The van der Waals surface area contributed by atoms with Crippen molar-refractivity contribution in [3.63, 3.8) is 0 Å². The molecule has 1 fully saturated rings. The fourth-order valence-corrected chi connectivity index (χ4v) is 2.06. The Morgan fingerprint density at radius 3 is 3.17 bits per heavy atom. The summed E-state index contributed by atoms with van der Waals surface area (Å²) >= 11 is 5.71. The minimum absolute atomic E-state index is 0.160. The summed E-state index contributed by atoms with van der Waals surface area (Å²) in [6.07, 6.45) is 1.71. The molecule has 2 heterocycles. The summed E-state index contributed by atoms with van der Waals surface area (Å²) in [5.74, 6) is -0.285. The van der Waals surface area contributed by atoms with Crippen LogP contribution in [0.25, 0.3) is 0 Å². The SMILES string of the molecule is CC1OCCC1(O)CNC(=O)c1ccnc(Cl)c1. The van der Waals surface area contributed by atoms with Crippen LogP contribution in [0.2, 0.25) is 5.15 Å². The number of hydrogen-bond donors (Lipinski definition) is 2. The number of carbonyl (C=O) groups excluding carboxylic acids is 1. The second-order valence-corrected chi connectivity index (χ2v) is 4.80. The minimum Gasteiger partial charge on any atom is -0.385 e. The molecule has 2 N–H and O–H groups in total. The molecule has 0 saturated carbocycles. The largest absolute Gasteiger partial charge is 0.385 e. The van der Waals surface area contributed by atoms with Crippen molar-refractivity contribution in [2.75, 3.05) is 13.2 Å². The van der Waals surface area contributed by atoms with Gasteiger partial charge in [0.15, 0.2) is 0 Å². The average molecular weight is 271 g/mol. The normalized spacial score (nSPS) is 27.2. The highest BCUT2D eigenvalue weighted by Gasteiger charge is 2.39. The highest BCUT2D eigenvalue weighted by molar-refractivity contribution is 6.29. The van der Waals surface area contributed by atoms with Crippen molar-refractivity contribution in [1.82, 2.24) is 10.3 Å². The van der Waals surface area contributed by atoms with Crippen molar-refractivity contribution in [3.8, 4) is 0 Å². The maximum Gasteiger partial charge on any atom is 0.251 e. The quantitative estimate of drug-likeness (QED) is 0.804. The number of pyridine rings is 1. The van der Waals surface area contributed by atoms with E-state index < -0.39 is 5.60 Å². The monoisotopic (exact) mass is 270 g/mol. The van der Waals surface area contributed by atoms with Crippen LogP contribution >= 0.6 is 11.6 Å². The highest BCUT2D eigenvalue weighted by atomic mass is 35.5. The van der Waals surface area contributed by atoms with Gasteiger partial charge in [-0.05, 0) is 19.1 Å². The van der Waals surface area contributed by atoms with Crippen molar-refractivity contribution in [3.05, 3.63) is 29.0 Å². The van der Waals surface area contributed by atoms with E-state index in [0.717, 1.165) is 0 Å². The number of halogens is 1. The van der Waals surface area contributed by atoms with E-state index in [1.54, 1.807) is 13.0 Å². The summed E-state index contributed by atoms with van der Waals surface area (Å²) in [6.45, 7) is 2.46. The molecule has 2 atom stereocenters. The summed E-state index contributed by atoms with van der Waals surface area (Å²) in [4.78, 5) is 15.7. The molecule has 1 saturated heterocycles. The van der Waals surface area contributed by atoms with Gasteiger partial charge in [0.2, 0.25) is 0 Å². The standard InChI is InChI=1S/C12H15ClN2O3/c1-8-12(17,3-5-18-8)7-15-11(16)9-2-4-14-10(13)6-9/h2,4,6,8,17H,3,5,7H2,1H3,(H,15,16). The number of rotatable bonds is 3. The lowest BCUT2D eigenvalue weighted by Gasteiger charge is -2.26. The Labute approximate surface area is 110 Å². The van der Waals surface area contributed by atoms with Crippen molar-refractivity contribution in [2.24, 2.45) is 0 Å². The molecule has 1 aromatic heterocycles. The van der Waals surface area contributed by atoms with Crippen LogP contribution in [0.4, 0.5) is 0 Å². The van der Waals surface area contributed by atoms with Crippen LogP contribution in [0.15, 0.2) is 18.3 Å². The maximum atomic E-state index is 11.9. The molecule has 2 unspecified atom stereocenters. The zero-order chi connectivity index (χ0) is 13.2. The fraction of sp³-hybridized carbons (Fsp3) is 0.500. The summed E-state index contributed by atoms with van der Waals surface area (Å²) in [6, 6.07) is 3.05. The number of carbonyl (C=O) groups is 1. The molecule has 1 amide bonds. The Balaban J connectivity index is 1.96. The molecular formula is C12H15ClN2O3. The highest BCUT2D eigenvalue weighted by Crippen LogP contribution is 2.24. The van der Waals surface area contributed by atoms with Gasteiger partial charge in [0.25, 0.3) is 5.91 Å². The van der Waals surface area contributed by atoms with Crippen molar-refractivity contribution in [2.45, 2.75) is 25.0 Å². The van der Waals surface area contributed by atoms with E-state index in [2.05, 4.69) is 10.3 Å². The number of amides is 1. The average Bonchev–Trinajstić information content (AvgIpc) is 2.67. The van der Waals surface area contributed by atoms with Crippen LogP contribution in [0.1, 0.15) is 23.7 Å². The molecule has 2 rings (SSSR count). The Kier molecular flexibility index (Phi) is 3.85.